The number of H-pyrrole nitrogens is 1. The molecule has 0 atom stereocenters. The molecule has 0 radical (unpaired) electrons. The molecular weight excluding hydrogens is 422 g/mol. The standard InChI is InChI=1S/C20H27N5O3S2/c1-5-7-14-11-19(26)23-20(21-14)29-13-18-22-16-12-15(30(27,28)24(3)4)8-9-17(16)25(18)10-6-2/h8-9,11-12H,5-7,10,13H2,1-4H3,(H,21,23,26). The van der Waals surface area contributed by atoms with Crippen LogP contribution >= 0.6 is 11.8 Å². The maximum Gasteiger partial charge on any atom is 0.251 e. The van der Waals surface area contributed by atoms with E-state index in [0.29, 0.717) is 16.4 Å². The van der Waals surface area contributed by atoms with E-state index in [1.807, 2.05) is 13.0 Å². The summed E-state index contributed by atoms with van der Waals surface area (Å²) in [6, 6.07) is 6.58. The van der Waals surface area contributed by atoms with Gasteiger partial charge in [0, 0.05) is 32.4 Å². The normalized spacial score (nSPS) is 12.2. The predicted molar refractivity (Wildman–Crippen MR) is 119 cm³/mol. The molecule has 0 spiro atoms. The smallest absolute Gasteiger partial charge is 0.251 e. The number of hydrogen-bond acceptors (Lipinski definition) is 6. The van der Waals surface area contributed by atoms with Crippen molar-refractivity contribution in [3.05, 3.63) is 46.1 Å². The molecule has 0 unspecified atom stereocenters. The number of nitrogens with one attached hydrogen (secondary N) is 1. The Labute approximate surface area is 180 Å². The number of rotatable bonds is 9. The van der Waals surface area contributed by atoms with Crippen molar-refractivity contribution < 1.29 is 8.42 Å². The summed E-state index contributed by atoms with van der Waals surface area (Å²) in [5, 5.41) is 0.567. The first-order chi connectivity index (χ1) is 14.3. The van der Waals surface area contributed by atoms with Crippen LogP contribution in [0.3, 0.4) is 0 Å². The molecule has 0 saturated carbocycles. The van der Waals surface area contributed by atoms with Crippen LogP contribution in [0.2, 0.25) is 0 Å². The van der Waals surface area contributed by atoms with E-state index < -0.39 is 10.0 Å². The van der Waals surface area contributed by atoms with Gasteiger partial charge >= 0.3 is 0 Å². The number of thioether (sulfide) groups is 1. The molecule has 2 heterocycles. The fraction of sp³-hybridized carbons (Fsp3) is 0.450. The summed E-state index contributed by atoms with van der Waals surface area (Å²) in [7, 11) is -0.502. The Morgan fingerprint density at radius 3 is 2.57 bits per heavy atom. The van der Waals surface area contributed by atoms with E-state index in [-0.39, 0.29) is 10.5 Å². The zero-order valence-electron chi connectivity index (χ0n) is 17.7. The first kappa shape index (κ1) is 22.5. The van der Waals surface area contributed by atoms with Crippen molar-refractivity contribution in [3.63, 3.8) is 0 Å². The van der Waals surface area contributed by atoms with Crippen LogP contribution in [0.1, 0.15) is 38.2 Å². The summed E-state index contributed by atoms with van der Waals surface area (Å²) in [6.07, 6.45) is 2.60. The third-order valence-electron chi connectivity index (χ3n) is 4.64. The number of aryl methyl sites for hydroxylation is 2. The molecule has 2 aromatic heterocycles. The van der Waals surface area contributed by atoms with Crippen molar-refractivity contribution in [2.24, 2.45) is 0 Å². The summed E-state index contributed by atoms with van der Waals surface area (Å²) in [5.74, 6) is 1.34. The van der Waals surface area contributed by atoms with Crippen LogP contribution in [-0.4, -0.2) is 46.3 Å². The van der Waals surface area contributed by atoms with Gasteiger partial charge in [0.25, 0.3) is 5.56 Å². The predicted octanol–water partition coefficient (Wildman–Crippen LogP) is 3.02. The summed E-state index contributed by atoms with van der Waals surface area (Å²) in [4.78, 5) is 24.1. The Kier molecular flexibility index (Phi) is 6.99. The Hall–Kier alpha value is -2.17. The molecule has 10 heteroatoms. The van der Waals surface area contributed by atoms with Gasteiger partial charge in [-0.3, -0.25) is 4.79 Å². The van der Waals surface area contributed by atoms with Crippen LogP contribution in [0.5, 0.6) is 0 Å². The second-order valence-corrected chi connectivity index (χ2v) is 10.3. The van der Waals surface area contributed by atoms with Gasteiger partial charge in [-0.05, 0) is 31.0 Å². The lowest BCUT2D eigenvalue weighted by atomic mass is 10.2. The van der Waals surface area contributed by atoms with E-state index in [9.17, 15) is 13.2 Å². The molecule has 8 nitrogen and oxygen atoms in total. The van der Waals surface area contributed by atoms with Gasteiger partial charge in [-0.15, -0.1) is 0 Å². The highest BCUT2D eigenvalue weighted by molar-refractivity contribution is 7.98. The van der Waals surface area contributed by atoms with Gasteiger partial charge < -0.3 is 9.55 Å². The fourth-order valence-corrected chi connectivity index (χ4v) is 4.95. The maximum absolute atomic E-state index is 12.5. The number of fused-ring (bicyclic) bond motifs is 1. The molecule has 0 fully saturated rings. The van der Waals surface area contributed by atoms with E-state index in [0.717, 1.165) is 42.8 Å². The number of nitrogens with zero attached hydrogens (tertiary/aromatic N) is 4. The molecule has 162 valence electrons. The molecule has 0 saturated heterocycles. The minimum Gasteiger partial charge on any atom is -0.327 e. The SMILES string of the molecule is CCCc1cc(=O)[nH]c(SCc2nc3cc(S(=O)(=O)N(C)C)ccc3n2CCC)n1. The lowest BCUT2D eigenvalue weighted by molar-refractivity contribution is 0.521. The zero-order chi connectivity index (χ0) is 21.9. The molecule has 0 bridgehead atoms. The molecule has 0 aliphatic heterocycles. The van der Waals surface area contributed by atoms with Gasteiger partial charge in [-0.2, -0.15) is 0 Å². The van der Waals surface area contributed by atoms with Crippen LogP contribution < -0.4 is 5.56 Å². The number of imidazole rings is 1. The second-order valence-electron chi connectivity index (χ2n) is 7.20. The highest BCUT2D eigenvalue weighted by Crippen LogP contribution is 2.26. The summed E-state index contributed by atoms with van der Waals surface area (Å²) >= 11 is 1.42. The van der Waals surface area contributed by atoms with E-state index in [1.165, 1.54) is 36.2 Å². The van der Waals surface area contributed by atoms with E-state index >= 15 is 0 Å². The van der Waals surface area contributed by atoms with Gasteiger partial charge in [-0.25, -0.2) is 22.7 Å². The zero-order valence-corrected chi connectivity index (χ0v) is 19.3. The largest absolute Gasteiger partial charge is 0.327 e. The van der Waals surface area contributed by atoms with Gasteiger partial charge in [0.05, 0.1) is 21.7 Å². The molecule has 0 aliphatic carbocycles. The van der Waals surface area contributed by atoms with Gasteiger partial charge in [0.1, 0.15) is 5.82 Å². The highest BCUT2D eigenvalue weighted by Gasteiger charge is 2.20. The number of aromatic nitrogens is 4. The molecule has 3 aromatic rings. The first-order valence-electron chi connectivity index (χ1n) is 9.91. The molecule has 0 aliphatic rings. The van der Waals surface area contributed by atoms with Crippen LogP contribution in [0.4, 0.5) is 0 Å². The third-order valence-corrected chi connectivity index (χ3v) is 7.32. The summed E-state index contributed by atoms with van der Waals surface area (Å²) < 4.78 is 28.2. The van der Waals surface area contributed by atoms with Crippen molar-refractivity contribution in [2.75, 3.05) is 14.1 Å². The molecule has 30 heavy (non-hydrogen) atoms. The quantitative estimate of drug-likeness (QED) is 0.398. The fourth-order valence-electron chi connectivity index (χ4n) is 3.18. The number of benzene rings is 1. The molecule has 1 N–H and O–H groups in total. The number of aromatic amines is 1. The lowest BCUT2D eigenvalue weighted by Gasteiger charge is -2.11. The topological polar surface area (TPSA) is 101 Å². The van der Waals surface area contributed by atoms with Gasteiger partial charge in [0.15, 0.2) is 5.16 Å². The van der Waals surface area contributed by atoms with Crippen LogP contribution in [0.25, 0.3) is 11.0 Å². The maximum atomic E-state index is 12.5. The van der Waals surface area contributed by atoms with Crippen molar-refractivity contribution >= 4 is 32.8 Å². The minimum atomic E-state index is -3.53. The highest BCUT2D eigenvalue weighted by atomic mass is 32.2. The van der Waals surface area contributed by atoms with Crippen molar-refractivity contribution in [2.45, 2.75) is 55.5 Å². The average Bonchev–Trinajstić information content (AvgIpc) is 3.03. The second kappa shape index (κ2) is 9.32. The van der Waals surface area contributed by atoms with Crippen molar-refractivity contribution in [1.82, 2.24) is 23.8 Å². The van der Waals surface area contributed by atoms with Crippen molar-refractivity contribution in [3.8, 4) is 0 Å². The van der Waals surface area contributed by atoms with Gasteiger partial charge in [0.2, 0.25) is 10.0 Å². The Morgan fingerprint density at radius 2 is 1.90 bits per heavy atom. The Morgan fingerprint density at radius 1 is 1.13 bits per heavy atom. The molecule has 1 aromatic carbocycles. The summed E-state index contributed by atoms with van der Waals surface area (Å²) in [5.41, 5.74) is 2.16. The molecule has 0 amide bonds. The Bertz CT molecular complexity index is 1200. The Balaban J connectivity index is 1.95. The van der Waals surface area contributed by atoms with Crippen LogP contribution in [-0.2, 0) is 28.7 Å². The molecule has 3 rings (SSSR count). The first-order valence-corrected chi connectivity index (χ1v) is 12.3. The van der Waals surface area contributed by atoms with E-state index in [2.05, 4.69) is 21.5 Å². The third kappa shape index (κ3) is 4.76. The average molecular weight is 450 g/mol. The minimum absolute atomic E-state index is 0.156. The monoisotopic (exact) mass is 449 g/mol. The van der Waals surface area contributed by atoms with Gasteiger partial charge in [-0.1, -0.05) is 32.0 Å². The van der Waals surface area contributed by atoms with Crippen LogP contribution in [0.15, 0.2) is 39.1 Å². The molecular formula is C20H27N5O3S2. The van der Waals surface area contributed by atoms with E-state index in [4.69, 9.17) is 4.98 Å². The van der Waals surface area contributed by atoms with Crippen molar-refractivity contribution in [1.29, 1.82) is 0 Å². The summed E-state index contributed by atoms with van der Waals surface area (Å²) in [6.45, 7) is 4.90. The lowest BCUT2D eigenvalue weighted by Crippen LogP contribution is -2.22. The van der Waals surface area contributed by atoms with Crippen LogP contribution in [0, 0.1) is 0 Å². The van der Waals surface area contributed by atoms with E-state index in [1.54, 1.807) is 12.1 Å². The number of hydrogen-bond donors (Lipinski definition) is 1. The number of sulfonamides is 1.